The van der Waals surface area contributed by atoms with Crippen molar-refractivity contribution in [2.24, 2.45) is 0 Å². The van der Waals surface area contributed by atoms with Crippen LogP contribution in [0.3, 0.4) is 0 Å². The van der Waals surface area contributed by atoms with Gasteiger partial charge in [-0.25, -0.2) is 23.2 Å². The van der Waals surface area contributed by atoms with Crippen LogP contribution in [0.15, 0.2) is 23.4 Å². The summed E-state index contributed by atoms with van der Waals surface area (Å²) in [5.41, 5.74) is -2.03. The number of carbonyl (C=O) groups excluding carboxylic acids is 2. The first-order chi connectivity index (χ1) is 11.8. The molecular weight excluding hydrogens is 344 g/mol. The molecule has 1 aliphatic rings. The molecule has 0 fully saturated rings. The number of benzene rings is 1. The average molecular weight is 357 g/mol. The molecule has 0 unspecified atom stereocenters. The Bertz CT molecular complexity index is 775. The fourth-order valence-electron chi connectivity index (χ4n) is 2.30. The second-order valence-corrected chi connectivity index (χ2v) is 4.78. The molecule has 0 bridgehead atoms. The van der Waals surface area contributed by atoms with Gasteiger partial charge in [-0.1, -0.05) is 0 Å². The molecule has 134 valence electrons. The zero-order valence-electron chi connectivity index (χ0n) is 13.2. The quantitative estimate of drug-likeness (QED) is 0.798. The van der Waals surface area contributed by atoms with Gasteiger partial charge in [0, 0.05) is 0 Å². The lowest BCUT2D eigenvalue weighted by molar-refractivity contribution is -0.140. The number of esters is 2. The van der Waals surface area contributed by atoms with E-state index in [0.29, 0.717) is 6.07 Å². The molecule has 0 saturated heterocycles. The van der Waals surface area contributed by atoms with Crippen LogP contribution in [0.25, 0.3) is 0 Å². The maximum absolute atomic E-state index is 14.0. The number of ether oxygens (including phenoxy) is 3. The molecule has 10 heteroatoms. The molecule has 8 nitrogen and oxygen atoms in total. The fraction of sp³-hybridized carbons (Fsp3) is 0.267. The van der Waals surface area contributed by atoms with E-state index >= 15 is 0 Å². The summed E-state index contributed by atoms with van der Waals surface area (Å²) in [6, 6.07) is 1.65. The third kappa shape index (κ3) is 3.29. The Morgan fingerprint density at radius 3 is 2.36 bits per heavy atom. The van der Waals surface area contributed by atoms with Gasteiger partial charge in [-0.2, -0.15) is 0 Å². The van der Waals surface area contributed by atoms with Crippen LogP contribution in [0.4, 0.5) is 14.5 Å². The van der Waals surface area contributed by atoms with Crippen molar-refractivity contribution in [2.45, 2.75) is 0 Å². The minimum atomic E-state index is -1.76. The lowest BCUT2D eigenvalue weighted by Gasteiger charge is -2.32. The first-order valence-electron chi connectivity index (χ1n) is 6.79. The lowest BCUT2D eigenvalue weighted by Crippen LogP contribution is -2.39. The van der Waals surface area contributed by atoms with E-state index in [9.17, 15) is 28.3 Å². The second-order valence-electron chi connectivity index (χ2n) is 4.78. The number of carboxylic acid groups (broad SMARTS) is 1. The second kappa shape index (κ2) is 7.26. The van der Waals surface area contributed by atoms with Crippen molar-refractivity contribution in [1.29, 1.82) is 0 Å². The van der Waals surface area contributed by atoms with Crippen LogP contribution in [0.5, 0.6) is 0 Å². The number of carboxylic acids is 1. The fourth-order valence-corrected chi connectivity index (χ4v) is 2.30. The zero-order chi connectivity index (χ0) is 18.7. The SMILES string of the molecule is COC(=O)C1=C(C(=O)OC)N(c2ccc(F)c(F)c2C(=O)O)COC1. The van der Waals surface area contributed by atoms with Crippen molar-refractivity contribution in [2.75, 3.05) is 32.5 Å². The third-order valence-electron chi connectivity index (χ3n) is 3.41. The van der Waals surface area contributed by atoms with Gasteiger partial charge < -0.3 is 24.2 Å². The summed E-state index contributed by atoms with van der Waals surface area (Å²) in [6.45, 7) is -0.698. The third-order valence-corrected chi connectivity index (χ3v) is 3.41. The lowest BCUT2D eigenvalue weighted by atomic mass is 10.1. The molecule has 1 heterocycles. The number of nitrogens with zero attached hydrogens (tertiary/aromatic N) is 1. The van der Waals surface area contributed by atoms with E-state index < -0.39 is 41.8 Å². The van der Waals surface area contributed by atoms with E-state index in [4.69, 9.17) is 4.74 Å². The Morgan fingerprint density at radius 1 is 1.16 bits per heavy atom. The number of carbonyl (C=O) groups is 3. The molecule has 0 spiro atoms. The minimum Gasteiger partial charge on any atom is -0.478 e. The summed E-state index contributed by atoms with van der Waals surface area (Å²) in [6.07, 6.45) is 0. The summed E-state index contributed by atoms with van der Waals surface area (Å²) >= 11 is 0. The van der Waals surface area contributed by atoms with Crippen LogP contribution >= 0.6 is 0 Å². The molecule has 2 rings (SSSR count). The van der Waals surface area contributed by atoms with E-state index in [2.05, 4.69) is 9.47 Å². The zero-order valence-corrected chi connectivity index (χ0v) is 13.2. The molecule has 1 aromatic rings. The van der Waals surface area contributed by atoms with Crippen LogP contribution in [0.2, 0.25) is 0 Å². The summed E-state index contributed by atoms with van der Waals surface area (Å²) in [5, 5.41) is 9.21. The Labute approximate surface area is 140 Å². The van der Waals surface area contributed by atoms with Crippen LogP contribution < -0.4 is 4.90 Å². The first kappa shape index (κ1) is 18.3. The van der Waals surface area contributed by atoms with Crippen molar-refractivity contribution in [1.82, 2.24) is 0 Å². The van der Waals surface area contributed by atoms with E-state index in [-0.39, 0.29) is 23.6 Å². The van der Waals surface area contributed by atoms with Gasteiger partial charge in [0.25, 0.3) is 0 Å². The number of rotatable bonds is 4. The Morgan fingerprint density at radius 2 is 1.80 bits per heavy atom. The van der Waals surface area contributed by atoms with Crippen molar-refractivity contribution in [3.05, 3.63) is 40.6 Å². The number of methoxy groups -OCH3 is 2. The molecule has 1 N–H and O–H groups in total. The number of halogens is 2. The minimum absolute atomic E-state index is 0.248. The maximum atomic E-state index is 14.0. The Hall–Kier alpha value is -3.01. The largest absolute Gasteiger partial charge is 0.478 e. The van der Waals surface area contributed by atoms with Crippen LogP contribution in [-0.4, -0.2) is 50.6 Å². The summed E-state index contributed by atoms with van der Waals surface area (Å²) in [5.74, 6) is -6.66. The van der Waals surface area contributed by atoms with Gasteiger partial charge in [-0.05, 0) is 12.1 Å². The predicted octanol–water partition coefficient (Wildman–Crippen LogP) is 1.06. The van der Waals surface area contributed by atoms with E-state index in [0.717, 1.165) is 25.2 Å². The van der Waals surface area contributed by atoms with Crippen LogP contribution in [0, 0.1) is 11.6 Å². The molecule has 0 aromatic heterocycles. The highest BCUT2D eigenvalue weighted by molar-refractivity contribution is 6.05. The smallest absolute Gasteiger partial charge is 0.355 e. The topological polar surface area (TPSA) is 102 Å². The molecule has 0 saturated carbocycles. The highest BCUT2D eigenvalue weighted by Gasteiger charge is 2.35. The van der Waals surface area contributed by atoms with E-state index in [1.54, 1.807) is 0 Å². The molecule has 0 atom stereocenters. The van der Waals surface area contributed by atoms with Crippen molar-refractivity contribution in [3.8, 4) is 0 Å². The van der Waals surface area contributed by atoms with Crippen molar-refractivity contribution in [3.63, 3.8) is 0 Å². The highest BCUT2D eigenvalue weighted by atomic mass is 19.2. The van der Waals surface area contributed by atoms with Crippen molar-refractivity contribution < 1.29 is 42.5 Å². The van der Waals surface area contributed by atoms with E-state index in [1.165, 1.54) is 0 Å². The van der Waals surface area contributed by atoms with E-state index in [1.807, 2.05) is 0 Å². The molecule has 0 aliphatic carbocycles. The Balaban J connectivity index is 2.72. The van der Waals surface area contributed by atoms with Gasteiger partial charge in [-0.15, -0.1) is 0 Å². The summed E-state index contributed by atoms with van der Waals surface area (Å²) < 4.78 is 41.7. The van der Waals surface area contributed by atoms with Gasteiger partial charge in [-0.3, -0.25) is 0 Å². The number of aromatic carboxylic acids is 1. The Kier molecular flexibility index (Phi) is 5.32. The monoisotopic (exact) mass is 357 g/mol. The van der Waals surface area contributed by atoms with Gasteiger partial charge in [0.1, 0.15) is 18.0 Å². The average Bonchev–Trinajstić information content (AvgIpc) is 2.61. The molecule has 0 radical (unpaired) electrons. The summed E-state index contributed by atoms with van der Waals surface area (Å²) in [4.78, 5) is 36.3. The van der Waals surface area contributed by atoms with Gasteiger partial charge in [0.15, 0.2) is 11.6 Å². The molecular formula is C15H13F2NO7. The van der Waals surface area contributed by atoms with Gasteiger partial charge in [0.2, 0.25) is 0 Å². The first-order valence-corrected chi connectivity index (χ1v) is 6.79. The number of hydrogen-bond acceptors (Lipinski definition) is 7. The van der Waals surface area contributed by atoms with Crippen LogP contribution in [0.1, 0.15) is 10.4 Å². The normalized spacial score (nSPS) is 14.3. The van der Waals surface area contributed by atoms with Gasteiger partial charge >= 0.3 is 17.9 Å². The molecule has 1 aliphatic heterocycles. The van der Waals surface area contributed by atoms with Crippen molar-refractivity contribution >= 4 is 23.6 Å². The highest BCUT2D eigenvalue weighted by Crippen LogP contribution is 2.31. The summed E-state index contributed by atoms with van der Waals surface area (Å²) in [7, 11) is 2.12. The molecule has 25 heavy (non-hydrogen) atoms. The standard InChI is InChI=1S/C15H13F2NO7/c1-23-14(21)7-5-25-6-18(12(7)15(22)24-2)9-4-3-8(16)11(17)10(9)13(19)20/h3-4H,5-6H2,1-2H3,(H,19,20). The van der Waals surface area contributed by atoms with Gasteiger partial charge in [0.05, 0.1) is 32.1 Å². The molecule has 0 amide bonds. The number of anilines is 1. The number of hydrogen-bond donors (Lipinski definition) is 1. The molecule has 1 aromatic carbocycles. The predicted molar refractivity (Wildman–Crippen MR) is 77.7 cm³/mol. The van der Waals surface area contributed by atoms with Crippen LogP contribution in [-0.2, 0) is 23.8 Å². The maximum Gasteiger partial charge on any atom is 0.355 e.